The summed E-state index contributed by atoms with van der Waals surface area (Å²) in [5.41, 5.74) is 1.40. The van der Waals surface area contributed by atoms with E-state index in [1.807, 2.05) is 20.1 Å². The minimum Gasteiger partial charge on any atom is -0.494 e. The van der Waals surface area contributed by atoms with E-state index in [2.05, 4.69) is 30.0 Å². The Morgan fingerprint density at radius 3 is 2.63 bits per heavy atom. The van der Waals surface area contributed by atoms with Crippen LogP contribution in [-0.2, 0) is 11.3 Å². The van der Waals surface area contributed by atoms with Crippen LogP contribution in [0.5, 0.6) is 5.75 Å². The molecule has 0 aromatic heterocycles. The third-order valence-corrected chi connectivity index (χ3v) is 4.02. The second-order valence-electron chi connectivity index (χ2n) is 5.51. The van der Waals surface area contributed by atoms with Gasteiger partial charge in [0.2, 0.25) is 0 Å². The van der Waals surface area contributed by atoms with Gasteiger partial charge in [-0.25, -0.2) is 0 Å². The van der Waals surface area contributed by atoms with Crippen molar-refractivity contribution >= 4 is 0 Å². The molecule has 1 fully saturated rings. The topological polar surface area (TPSA) is 21.7 Å². The van der Waals surface area contributed by atoms with Gasteiger partial charge in [-0.15, -0.1) is 0 Å². The van der Waals surface area contributed by atoms with Crippen molar-refractivity contribution in [3.63, 3.8) is 0 Å². The molecule has 1 aliphatic rings. The molecule has 1 heterocycles. The molecule has 1 saturated heterocycles. The van der Waals surface area contributed by atoms with Crippen molar-refractivity contribution in [2.75, 3.05) is 26.8 Å². The molecule has 0 atom stereocenters. The second kappa shape index (κ2) is 6.40. The van der Waals surface area contributed by atoms with E-state index in [4.69, 9.17) is 9.47 Å². The summed E-state index contributed by atoms with van der Waals surface area (Å²) >= 11 is 0. The summed E-state index contributed by atoms with van der Waals surface area (Å²) in [5.74, 6) is 0.971. The zero-order chi connectivity index (χ0) is 13.7. The molecule has 3 nitrogen and oxygen atoms in total. The van der Waals surface area contributed by atoms with E-state index in [-0.39, 0.29) is 5.60 Å². The lowest BCUT2D eigenvalue weighted by Crippen LogP contribution is -2.43. The SMILES string of the molecule is CCOc1cccc(CN2CCC(C)(OC)CC2)c1. The monoisotopic (exact) mass is 263 g/mol. The highest BCUT2D eigenvalue weighted by molar-refractivity contribution is 5.28. The fourth-order valence-electron chi connectivity index (χ4n) is 2.55. The van der Waals surface area contributed by atoms with Crippen LogP contribution in [0.25, 0.3) is 0 Å². The number of piperidine rings is 1. The molecule has 19 heavy (non-hydrogen) atoms. The molecule has 3 heteroatoms. The van der Waals surface area contributed by atoms with Gasteiger partial charge in [-0.05, 0) is 44.4 Å². The molecule has 0 amide bonds. The molecular weight excluding hydrogens is 238 g/mol. The maximum absolute atomic E-state index is 5.58. The summed E-state index contributed by atoms with van der Waals surface area (Å²) in [7, 11) is 1.82. The Bertz CT molecular complexity index is 397. The van der Waals surface area contributed by atoms with E-state index in [9.17, 15) is 0 Å². The number of benzene rings is 1. The van der Waals surface area contributed by atoms with E-state index in [1.54, 1.807) is 0 Å². The van der Waals surface area contributed by atoms with Crippen LogP contribution in [0.2, 0.25) is 0 Å². The molecule has 0 bridgehead atoms. The number of hydrogen-bond donors (Lipinski definition) is 0. The lowest BCUT2D eigenvalue weighted by atomic mass is 9.93. The molecule has 0 N–H and O–H groups in total. The fourth-order valence-corrected chi connectivity index (χ4v) is 2.55. The van der Waals surface area contributed by atoms with Crippen molar-refractivity contribution in [2.45, 2.75) is 38.8 Å². The van der Waals surface area contributed by atoms with Crippen molar-refractivity contribution < 1.29 is 9.47 Å². The Morgan fingerprint density at radius 2 is 2.00 bits per heavy atom. The summed E-state index contributed by atoms with van der Waals surface area (Å²) < 4.78 is 11.1. The van der Waals surface area contributed by atoms with Gasteiger partial charge in [0.1, 0.15) is 5.75 Å². The van der Waals surface area contributed by atoms with Gasteiger partial charge in [0.15, 0.2) is 0 Å². The van der Waals surface area contributed by atoms with Crippen molar-refractivity contribution in [2.24, 2.45) is 0 Å². The Kier molecular flexibility index (Phi) is 4.83. The van der Waals surface area contributed by atoms with Gasteiger partial charge < -0.3 is 9.47 Å². The van der Waals surface area contributed by atoms with Crippen molar-refractivity contribution in [3.8, 4) is 5.75 Å². The first kappa shape index (κ1) is 14.4. The third kappa shape index (κ3) is 3.95. The molecular formula is C16H25NO2. The van der Waals surface area contributed by atoms with Crippen LogP contribution in [0.15, 0.2) is 24.3 Å². The molecule has 1 aromatic carbocycles. The summed E-state index contributed by atoms with van der Waals surface area (Å²) in [4.78, 5) is 2.49. The number of methoxy groups -OCH3 is 1. The first-order valence-electron chi connectivity index (χ1n) is 7.14. The van der Waals surface area contributed by atoms with Crippen LogP contribution in [0.3, 0.4) is 0 Å². The number of likely N-dealkylation sites (tertiary alicyclic amines) is 1. The van der Waals surface area contributed by atoms with Crippen LogP contribution < -0.4 is 4.74 Å². The molecule has 0 radical (unpaired) electrons. The minimum absolute atomic E-state index is 0.0731. The van der Waals surface area contributed by atoms with Gasteiger partial charge in [-0.2, -0.15) is 0 Å². The second-order valence-corrected chi connectivity index (χ2v) is 5.51. The van der Waals surface area contributed by atoms with Crippen molar-refractivity contribution in [1.82, 2.24) is 4.90 Å². The van der Waals surface area contributed by atoms with E-state index < -0.39 is 0 Å². The lowest BCUT2D eigenvalue weighted by Gasteiger charge is -2.38. The van der Waals surface area contributed by atoms with Gasteiger partial charge in [0.25, 0.3) is 0 Å². The van der Waals surface area contributed by atoms with Crippen molar-refractivity contribution in [1.29, 1.82) is 0 Å². The predicted octanol–water partition coefficient (Wildman–Crippen LogP) is 3.09. The van der Waals surface area contributed by atoms with Crippen molar-refractivity contribution in [3.05, 3.63) is 29.8 Å². The highest BCUT2D eigenvalue weighted by Gasteiger charge is 2.29. The zero-order valence-corrected chi connectivity index (χ0v) is 12.3. The van der Waals surface area contributed by atoms with Crippen LogP contribution in [0.4, 0.5) is 0 Å². The molecule has 0 aliphatic carbocycles. The summed E-state index contributed by atoms with van der Waals surface area (Å²) in [6.07, 6.45) is 2.21. The van der Waals surface area contributed by atoms with Gasteiger partial charge in [-0.1, -0.05) is 12.1 Å². The average molecular weight is 263 g/mol. The van der Waals surface area contributed by atoms with E-state index in [0.29, 0.717) is 0 Å². The third-order valence-electron chi connectivity index (χ3n) is 4.02. The molecule has 0 saturated carbocycles. The molecule has 2 rings (SSSR count). The molecule has 0 unspecified atom stereocenters. The van der Waals surface area contributed by atoms with Crippen LogP contribution in [0, 0.1) is 0 Å². The smallest absolute Gasteiger partial charge is 0.119 e. The van der Waals surface area contributed by atoms with Gasteiger partial charge in [-0.3, -0.25) is 4.90 Å². The minimum atomic E-state index is 0.0731. The fraction of sp³-hybridized carbons (Fsp3) is 0.625. The quantitative estimate of drug-likeness (QED) is 0.815. The first-order valence-corrected chi connectivity index (χ1v) is 7.14. The zero-order valence-electron chi connectivity index (χ0n) is 12.3. The maximum Gasteiger partial charge on any atom is 0.119 e. The first-order chi connectivity index (χ1) is 9.15. The highest BCUT2D eigenvalue weighted by Crippen LogP contribution is 2.26. The summed E-state index contributed by atoms with van der Waals surface area (Å²) in [6, 6.07) is 8.41. The highest BCUT2D eigenvalue weighted by atomic mass is 16.5. The molecule has 1 aliphatic heterocycles. The summed E-state index contributed by atoms with van der Waals surface area (Å²) in [5, 5.41) is 0. The largest absolute Gasteiger partial charge is 0.494 e. The van der Waals surface area contributed by atoms with Crippen LogP contribution in [-0.4, -0.2) is 37.3 Å². The number of hydrogen-bond acceptors (Lipinski definition) is 3. The van der Waals surface area contributed by atoms with E-state index >= 15 is 0 Å². The van der Waals surface area contributed by atoms with Gasteiger partial charge in [0.05, 0.1) is 12.2 Å². The Balaban J connectivity index is 1.90. The van der Waals surface area contributed by atoms with Gasteiger partial charge >= 0.3 is 0 Å². The molecule has 1 aromatic rings. The molecule has 106 valence electrons. The van der Waals surface area contributed by atoms with Crippen LogP contribution >= 0.6 is 0 Å². The van der Waals surface area contributed by atoms with Gasteiger partial charge in [0, 0.05) is 26.7 Å². The predicted molar refractivity (Wildman–Crippen MR) is 77.5 cm³/mol. The number of rotatable bonds is 5. The number of nitrogens with zero attached hydrogens (tertiary/aromatic N) is 1. The lowest BCUT2D eigenvalue weighted by molar-refractivity contribution is -0.0440. The van der Waals surface area contributed by atoms with E-state index in [1.165, 1.54) is 5.56 Å². The summed E-state index contributed by atoms with van der Waals surface area (Å²) in [6.45, 7) is 8.15. The van der Waals surface area contributed by atoms with Crippen LogP contribution in [0.1, 0.15) is 32.3 Å². The molecule has 0 spiro atoms. The standard InChI is InChI=1S/C16H25NO2/c1-4-19-15-7-5-6-14(12-15)13-17-10-8-16(2,18-3)9-11-17/h5-7,12H,4,8-11,13H2,1-3H3. The Morgan fingerprint density at radius 1 is 1.26 bits per heavy atom. The average Bonchev–Trinajstić information content (AvgIpc) is 2.43. The Hall–Kier alpha value is -1.06. The normalized spacial score (nSPS) is 19.3. The maximum atomic E-state index is 5.58. The Labute approximate surface area is 116 Å². The number of ether oxygens (including phenoxy) is 2. The van der Waals surface area contributed by atoms with E-state index in [0.717, 1.165) is 44.8 Å².